The van der Waals surface area contributed by atoms with Gasteiger partial charge in [-0.05, 0) is 120 Å². The molecule has 10 amide bonds. The molecule has 0 aromatic heterocycles. The largest absolute Gasteiger partial charge is 0.391 e. The Hall–Kier alpha value is -5.46. The van der Waals surface area contributed by atoms with Gasteiger partial charge in [0, 0.05) is 0 Å². The van der Waals surface area contributed by atoms with Crippen LogP contribution >= 0.6 is 0 Å². The molecule has 0 unspecified atom stereocenters. The summed E-state index contributed by atoms with van der Waals surface area (Å²) in [4.78, 5) is 137. The molecule has 12 atom stereocenters. The van der Waals surface area contributed by atoms with Crippen LogP contribution in [0.1, 0.15) is 167 Å². The first-order valence-corrected chi connectivity index (χ1v) is 28.3. The van der Waals surface area contributed by atoms with Gasteiger partial charge in [0.1, 0.15) is 54.4 Å². The van der Waals surface area contributed by atoms with Crippen molar-refractivity contribution < 1.29 is 53.1 Å². The van der Waals surface area contributed by atoms with Gasteiger partial charge in [0.15, 0.2) is 0 Å². The highest BCUT2D eigenvalue weighted by Crippen LogP contribution is 2.16. The fraction of sp³-hybridized carbons (Fsp3) is 0.815. The number of primary amides is 1. The van der Waals surface area contributed by atoms with Crippen molar-refractivity contribution in [2.45, 2.75) is 228 Å². The lowest BCUT2D eigenvalue weighted by atomic mass is 9.94. The molecule has 78 heavy (non-hydrogen) atoms. The summed E-state index contributed by atoms with van der Waals surface area (Å²) in [5.41, 5.74) is 22.7. The van der Waals surface area contributed by atoms with Crippen LogP contribution in [0.15, 0.2) is 0 Å². The molecular weight excluding hydrogens is 1010 g/mol. The molecule has 0 aliphatic heterocycles. The van der Waals surface area contributed by atoms with Crippen molar-refractivity contribution in [3.63, 3.8) is 0 Å². The van der Waals surface area contributed by atoms with Gasteiger partial charge in [0.2, 0.25) is 59.1 Å². The summed E-state index contributed by atoms with van der Waals surface area (Å²) in [5.74, 6) is -8.34. The third-order valence-corrected chi connectivity index (χ3v) is 13.4. The molecule has 450 valence electrons. The Morgan fingerprint density at radius 1 is 0.372 bits per heavy atom. The number of nitrogens with two attached hydrogens (primary N) is 4. The van der Waals surface area contributed by atoms with Gasteiger partial charge in [-0.25, -0.2) is 0 Å². The van der Waals surface area contributed by atoms with Crippen LogP contribution in [0.5, 0.6) is 0 Å². The average Bonchev–Trinajstić information content (AvgIpc) is 3.35. The molecule has 0 saturated carbocycles. The second-order valence-electron chi connectivity index (χ2n) is 22.6. The minimum absolute atomic E-state index is 0.00238. The Morgan fingerprint density at radius 2 is 0.654 bits per heavy atom. The second-order valence-corrected chi connectivity index (χ2v) is 22.6. The zero-order chi connectivity index (χ0) is 60.0. The predicted octanol–water partition coefficient (Wildman–Crippen LogP) is -0.291. The Balaban J connectivity index is 6.84. The predicted molar refractivity (Wildman–Crippen MR) is 300 cm³/mol. The molecule has 0 bridgehead atoms. The van der Waals surface area contributed by atoms with Gasteiger partial charge in [-0.1, -0.05) is 95.9 Å². The minimum Gasteiger partial charge on any atom is -0.391 e. The van der Waals surface area contributed by atoms with Crippen LogP contribution in [0.25, 0.3) is 0 Å². The van der Waals surface area contributed by atoms with E-state index in [0.717, 1.165) is 0 Å². The maximum Gasteiger partial charge on any atom is 0.245 e. The molecule has 0 rings (SSSR count). The zero-order valence-electron chi connectivity index (χ0n) is 49.2. The molecular formula is C54H103N13O11. The first-order valence-electron chi connectivity index (χ1n) is 28.3. The summed E-state index contributed by atoms with van der Waals surface area (Å²) >= 11 is 0. The van der Waals surface area contributed by atoms with E-state index in [1.165, 1.54) is 6.92 Å². The Morgan fingerprint density at radius 3 is 1.00 bits per heavy atom. The van der Waals surface area contributed by atoms with Crippen LogP contribution < -0.4 is 70.8 Å². The van der Waals surface area contributed by atoms with E-state index in [2.05, 4.69) is 47.9 Å². The monoisotopic (exact) mass is 1110 g/mol. The third kappa shape index (κ3) is 27.9. The van der Waals surface area contributed by atoms with Gasteiger partial charge in [-0.3, -0.25) is 47.9 Å². The molecule has 24 heteroatoms. The van der Waals surface area contributed by atoms with E-state index < -0.39 is 131 Å². The molecule has 0 aliphatic carbocycles. The van der Waals surface area contributed by atoms with Crippen molar-refractivity contribution >= 4 is 59.1 Å². The van der Waals surface area contributed by atoms with Crippen LogP contribution in [0, 0.1) is 35.5 Å². The number of hydrogen-bond acceptors (Lipinski definition) is 14. The van der Waals surface area contributed by atoms with E-state index >= 15 is 0 Å². The highest BCUT2D eigenvalue weighted by Gasteiger charge is 2.38. The van der Waals surface area contributed by atoms with Crippen molar-refractivity contribution in [2.75, 3.05) is 19.6 Å². The summed E-state index contributed by atoms with van der Waals surface area (Å²) in [5, 5.41) is 35.2. The maximum absolute atomic E-state index is 14.5. The molecule has 24 nitrogen and oxygen atoms in total. The van der Waals surface area contributed by atoms with Gasteiger partial charge >= 0.3 is 0 Å². The summed E-state index contributed by atoms with van der Waals surface area (Å²) < 4.78 is 0. The van der Waals surface area contributed by atoms with Crippen molar-refractivity contribution in [1.29, 1.82) is 0 Å². The topological polar surface area (TPSA) is 403 Å². The maximum atomic E-state index is 14.5. The number of amides is 10. The van der Waals surface area contributed by atoms with E-state index in [-0.39, 0.29) is 75.3 Å². The van der Waals surface area contributed by atoms with Crippen LogP contribution in [0.2, 0.25) is 0 Å². The molecule has 0 spiro atoms. The number of carbonyl (C=O) groups excluding carboxylic acids is 10. The molecule has 0 saturated heterocycles. The van der Waals surface area contributed by atoms with E-state index in [1.807, 2.05) is 62.3 Å². The van der Waals surface area contributed by atoms with Crippen molar-refractivity contribution in [3.8, 4) is 0 Å². The SMILES string of the molecule is CC[C@H](C)[C@H](NC(=O)[C@H](CCCCN)NC(=O)[C@H](CC(C)C)NC(=O)[C@H](CC(C)C)NC(=O)CN)C(=O)N[C@H](C(=O)N[C@@H](CCCCN)C(=O)N[C@H](C(=O)N[C@@H](CC(C)C)C(=O)N[C@@H](CC(C)C)C(N)=O)[C@@H](C)O)[C@@H](C)CC. The molecule has 0 radical (unpaired) electrons. The van der Waals surface area contributed by atoms with Gasteiger partial charge in [-0.15, -0.1) is 0 Å². The summed E-state index contributed by atoms with van der Waals surface area (Å²) in [6, 6.07) is -10.8. The van der Waals surface area contributed by atoms with E-state index in [0.29, 0.717) is 45.1 Å². The Labute approximate surface area is 464 Å². The van der Waals surface area contributed by atoms with Gasteiger partial charge in [0.05, 0.1) is 12.6 Å². The molecule has 0 aromatic rings. The van der Waals surface area contributed by atoms with E-state index in [4.69, 9.17) is 22.9 Å². The highest BCUT2D eigenvalue weighted by molar-refractivity contribution is 5.98. The first-order chi connectivity index (χ1) is 36.5. The van der Waals surface area contributed by atoms with Crippen LogP contribution in [0.4, 0.5) is 0 Å². The van der Waals surface area contributed by atoms with Crippen molar-refractivity contribution in [3.05, 3.63) is 0 Å². The summed E-state index contributed by atoms with van der Waals surface area (Å²) in [6.07, 6.45) is 2.08. The summed E-state index contributed by atoms with van der Waals surface area (Å²) in [7, 11) is 0. The number of carbonyl (C=O) groups is 10. The molecule has 18 N–H and O–H groups in total. The van der Waals surface area contributed by atoms with E-state index in [9.17, 15) is 53.1 Å². The average molecular weight is 1110 g/mol. The standard InChI is InChI=1S/C54H103N13O11/c1-14-33(11)43(52(76)61-37(21-17-19-23-56)48(72)67-45(35(13)68)54(78)64-41(27-32(9)10)51(75)62-38(46(58)70)24-29(3)4)66-53(77)44(34(12)15-2)65-47(71)36(20-16-18-22-55)60-50(74)40(26-31(7)8)63-49(73)39(25-30(5)6)59-42(69)28-57/h29-41,43-45,68H,14-28,55-57H2,1-13H3,(H2,58,70)(H,59,69)(H,60,74)(H,61,76)(H,62,75)(H,63,73)(H,64,78)(H,65,71)(H,66,77)(H,67,72)/t33-,34-,35+,36-,37-,38-,39-,40-,41-,43-,44-,45-/m0/s1. The number of unbranched alkanes of at least 4 members (excludes halogenated alkanes) is 2. The fourth-order valence-electron chi connectivity index (χ4n) is 8.50. The highest BCUT2D eigenvalue weighted by atomic mass is 16.3. The molecule has 0 heterocycles. The smallest absolute Gasteiger partial charge is 0.245 e. The van der Waals surface area contributed by atoms with Crippen LogP contribution in [0.3, 0.4) is 0 Å². The number of hydrogen-bond donors (Lipinski definition) is 14. The van der Waals surface area contributed by atoms with Crippen LogP contribution in [-0.4, -0.2) is 144 Å². The fourth-order valence-corrected chi connectivity index (χ4v) is 8.50. The third-order valence-electron chi connectivity index (χ3n) is 13.4. The van der Waals surface area contributed by atoms with Crippen LogP contribution in [-0.2, 0) is 47.9 Å². The van der Waals surface area contributed by atoms with Crippen molar-refractivity contribution in [1.82, 2.24) is 47.9 Å². The lowest BCUT2D eigenvalue weighted by Gasteiger charge is -2.31. The number of aliphatic hydroxyl groups is 1. The van der Waals surface area contributed by atoms with Gasteiger partial charge < -0.3 is 75.9 Å². The molecule has 0 fully saturated rings. The quantitative estimate of drug-likeness (QED) is 0.0351. The molecule has 0 aliphatic rings. The van der Waals surface area contributed by atoms with Crippen molar-refractivity contribution in [2.24, 2.45) is 58.4 Å². The first kappa shape index (κ1) is 72.5. The second kappa shape index (κ2) is 38.2. The minimum atomic E-state index is -1.61. The summed E-state index contributed by atoms with van der Waals surface area (Å²) in [6.45, 7) is 23.4. The molecule has 0 aromatic carbocycles. The number of rotatable bonds is 40. The van der Waals surface area contributed by atoms with Gasteiger partial charge in [0.25, 0.3) is 0 Å². The lowest BCUT2D eigenvalue weighted by Crippen LogP contribution is -2.63. The number of aliphatic hydroxyl groups excluding tert-OH is 1. The Kier molecular flexibility index (Phi) is 35.5. The Bertz CT molecular complexity index is 1900. The lowest BCUT2D eigenvalue weighted by molar-refractivity contribution is -0.138. The number of nitrogens with one attached hydrogen (secondary N) is 9. The normalized spacial score (nSPS) is 16.2. The van der Waals surface area contributed by atoms with Gasteiger partial charge in [-0.2, -0.15) is 0 Å². The zero-order valence-corrected chi connectivity index (χ0v) is 49.2. The van der Waals surface area contributed by atoms with E-state index in [1.54, 1.807) is 20.8 Å².